The summed E-state index contributed by atoms with van der Waals surface area (Å²) in [5.41, 5.74) is 6.72. The van der Waals surface area contributed by atoms with Crippen molar-refractivity contribution in [1.82, 2.24) is 20.9 Å². The molecule has 1 radical (unpaired) electrons. The van der Waals surface area contributed by atoms with E-state index in [0.717, 1.165) is 27.9 Å². The van der Waals surface area contributed by atoms with Crippen LogP contribution in [0, 0.1) is 6.20 Å². The number of fused-ring (bicyclic) bond motifs is 2. The molecule has 0 bridgehead atoms. The maximum Gasteiger partial charge on any atom is 0.143 e. The second-order valence-electron chi connectivity index (χ2n) is 3.85. The van der Waals surface area contributed by atoms with E-state index in [9.17, 15) is 0 Å². The Labute approximate surface area is 102 Å². The fourth-order valence-electron chi connectivity index (χ4n) is 2.05. The molecule has 1 N–H and O–H groups in total. The van der Waals surface area contributed by atoms with E-state index in [-0.39, 0.29) is 0 Å². The molecule has 0 saturated carbocycles. The van der Waals surface area contributed by atoms with Gasteiger partial charge in [-0.3, -0.25) is 0 Å². The summed E-state index contributed by atoms with van der Waals surface area (Å²) in [6.45, 7) is 0. The molecule has 0 aliphatic carbocycles. The summed E-state index contributed by atoms with van der Waals surface area (Å²) in [6.07, 6.45) is 8.59. The van der Waals surface area contributed by atoms with Crippen molar-refractivity contribution in [1.29, 1.82) is 0 Å². The van der Waals surface area contributed by atoms with Gasteiger partial charge in [0.05, 0.1) is 0 Å². The predicted octanol–water partition coefficient (Wildman–Crippen LogP) is 1.53. The molecule has 0 atom stereocenters. The van der Waals surface area contributed by atoms with Crippen molar-refractivity contribution in [3.8, 4) is 0 Å². The number of hydroxylamine groups is 3. The third kappa shape index (κ3) is 1.20. The molecule has 0 fully saturated rings. The van der Waals surface area contributed by atoms with Crippen LogP contribution in [0.4, 0.5) is 0 Å². The Morgan fingerprint density at radius 2 is 2.28 bits per heavy atom. The van der Waals surface area contributed by atoms with Gasteiger partial charge in [-0.25, -0.2) is 15.2 Å². The Bertz CT molecular complexity index is 714. The standard InChI is InChI=1S/C12H7N4O2/c1-3-9(12-10(5-1)14-17-15-12)8-4-2-6-16-11(8)7-13-18-16/h1-6,13H. The molecule has 2 aliphatic rings. The molecule has 6 heteroatoms. The van der Waals surface area contributed by atoms with E-state index in [2.05, 4.69) is 22.0 Å². The van der Waals surface area contributed by atoms with Gasteiger partial charge in [0.2, 0.25) is 0 Å². The normalized spacial score (nSPS) is 17.4. The average Bonchev–Trinajstić information content (AvgIpc) is 3.06. The van der Waals surface area contributed by atoms with Crippen molar-refractivity contribution in [2.75, 3.05) is 0 Å². The van der Waals surface area contributed by atoms with Gasteiger partial charge >= 0.3 is 0 Å². The van der Waals surface area contributed by atoms with Crippen molar-refractivity contribution >= 4 is 16.6 Å². The number of aromatic nitrogens is 2. The smallest absolute Gasteiger partial charge is 0.143 e. The van der Waals surface area contributed by atoms with E-state index in [4.69, 9.17) is 9.57 Å². The Morgan fingerprint density at radius 3 is 3.28 bits per heavy atom. The summed E-state index contributed by atoms with van der Waals surface area (Å²) in [5.74, 6) is 0. The molecule has 0 saturated heterocycles. The molecule has 2 aromatic rings. The largest absolute Gasteiger partial charge is 0.243 e. The molecule has 18 heavy (non-hydrogen) atoms. The molecule has 87 valence electrons. The number of hydrogen-bond acceptors (Lipinski definition) is 6. The molecule has 3 heterocycles. The van der Waals surface area contributed by atoms with E-state index < -0.39 is 0 Å². The van der Waals surface area contributed by atoms with Crippen molar-refractivity contribution in [2.45, 2.75) is 0 Å². The van der Waals surface area contributed by atoms with Gasteiger partial charge < -0.3 is 0 Å². The summed E-state index contributed by atoms with van der Waals surface area (Å²) in [4.78, 5) is 5.15. The first-order valence-electron chi connectivity index (χ1n) is 5.38. The maximum absolute atomic E-state index is 5.15. The van der Waals surface area contributed by atoms with Crippen LogP contribution in [0.25, 0.3) is 16.6 Å². The van der Waals surface area contributed by atoms with E-state index >= 15 is 0 Å². The van der Waals surface area contributed by atoms with Crippen LogP contribution in [0.15, 0.2) is 46.9 Å². The Kier molecular flexibility index (Phi) is 1.80. The lowest BCUT2D eigenvalue weighted by Crippen LogP contribution is -2.16. The predicted molar refractivity (Wildman–Crippen MR) is 61.7 cm³/mol. The van der Waals surface area contributed by atoms with Crippen LogP contribution in [-0.4, -0.2) is 15.4 Å². The van der Waals surface area contributed by atoms with E-state index in [1.807, 2.05) is 30.4 Å². The quantitative estimate of drug-likeness (QED) is 0.814. The molecular weight excluding hydrogens is 232 g/mol. The molecule has 0 unspecified atom stereocenters. The molecule has 0 spiro atoms. The second-order valence-corrected chi connectivity index (χ2v) is 3.85. The monoisotopic (exact) mass is 239 g/mol. The van der Waals surface area contributed by atoms with Crippen LogP contribution in [0.1, 0.15) is 5.56 Å². The minimum Gasteiger partial charge on any atom is -0.243 e. The van der Waals surface area contributed by atoms with Crippen molar-refractivity contribution in [2.24, 2.45) is 0 Å². The van der Waals surface area contributed by atoms with Gasteiger partial charge in [-0.2, -0.15) is 4.94 Å². The fraction of sp³-hybridized carbons (Fsp3) is 0. The Balaban J connectivity index is 1.95. The van der Waals surface area contributed by atoms with Gasteiger partial charge in [-0.1, -0.05) is 18.2 Å². The lowest BCUT2D eigenvalue weighted by molar-refractivity contribution is -0.113. The van der Waals surface area contributed by atoms with Crippen LogP contribution in [0.3, 0.4) is 0 Å². The van der Waals surface area contributed by atoms with E-state index in [0.29, 0.717) is 0 Å². The first kappa shape index (κ1) is 9.43. The highest BCUT2D eigenvalue weighted by molar-refractivity contribution is 5.93. The second kappa shape index (κ2) is 3.44. The molecule has 6 nitrogen and oxygen atoms in total. The number of nitrogens with one attached hydrogen (secondary N) is 1. The molecule has 1 aromatic carbocycles. The zero-order chi connectivity index (χ0) is 11.9. The number of allylic oxidation sites excluding steroid dienone is 3. The van der Waals surface area contributed by atoms with Gasteiger partial charge in [0.25, 0.3) is 0 Å². The maximum atomic E-state index is 5.15. The number of benzene rings is 1. The van der Waals surface area contributed by atoms with Gasteiger partial charge in [-0.15, -0.1) is 0 Å². The summed E-state index contributed by atoms with van der Waals surface area (Å²) in [7, 11) is 0. The van der Waals surface area contributed by atoms with Gasteiger partial charge in [0.15, 0.2) is 0 Å². The topological polar surface area (TPSA) is 63.4 Å². The third-order valence-corrected chi connectivity index (χ3v) is 2.85. The Hall–Kier alpha value is -2.60. The van der Waals surface area contributed by atoms with E-state index in [1.165, 1.54) is 0 Å². The lowest BCUT2D eigenvalue weighted by atomic mass is 9.99. The summed E-state index contributed by atoms with van der Waals surface area (Å²) >= 11 is 0. The molecule has 2 aliphatic heterocycles. The number of hydrogen-bond donors (Lipinski definition) is 1. The molecular formula is C12H7N4O2. The summed E-state index contributed by atoms with van der Waals surface area (Å²) in [5, 5.41) is 9.37. The average molecular weight is 239 g/mol. The summed E-state index contributed by atoms with van der Waals surface area (Å²) in [6, 6.07) is 5.73. The zero-order valence-electron chi connectivity index (χ0n) is 9.12. The van der Waals surface area contributed by atoms with E-state index in [1.54, 1.807) is 11.3 Å². The summed E-state index contributed by atoms with van der Waals surface area (Å²) < 4.78 is 4.77. The number of nitrogens with zero attached hydrogens (tertiary/aromatic N) is 3. The van der Waals surface area contributed by atoms with Crippen LogP contribution < -0.4 is 5.48 Å². The minimum atomic E-state index is 0.722. The van der Waals surface area contributed by atoms with Gasteiger partial charge in [-0.05, 0) is 22.5 Å². The van der Waals surface area contributed by atoms with Crippen LogP contribution in [0.5, 0.6) is 0 Å². The highest BCUT2D eigenvalue weighted by Gasteiger charge is 2.24. The molecule has 1 aromatic heterocycles. The minimum absolute atomic E-state index is 0.722. The first-order chi connectivity index (χ1) is 8.93. The van der Waals surface area contributed by atoms with Crippen LogP contribution in [-0.2, 0) is 4.94 Å². The SMILES string of the molecule is [C]1=C2C(c3cccc4nonc34)=CC=CN2ON1. The first-order valence-corrected chi connectivity index (χ1v) is 5.38. The van der Waals surface area contributed by atoms with Crippen molar-refractivity contribution < 1.29 is 9.57 Å². The molecule has 4 rings (SSSR count). The lowest BCUT2D eigenvalue weighted by Gasteiger charge is -2.19. The van der Waals surface area contributed by atoms with Gasteiger partial charge in [0, 0.05) is 17.3 Å². The van der Waals surface area contributed by atoms with Crippen LogP contribution >= 0.6 is 0 Å². The zero-order valence-corrected chi connectivity index (χ0v) is 9.12. The van der Waals surface area contributed by atoms with Crippen molar-refractivity contribution in [3.05, 3.63) is 54.0 Å². The number of rotatable bonds is 1. The van der Waals surface area contributed by atoms with Gasteiger partial charge in [0.1, 0.15) is 22.9 Å². The molecule has 0 amide bonds. The van der Waals surface area contributed by atoms with Crippen LogP contribution in [0.2, 0.25) is 0 Å². The third-order valence-electron chi connectivity index (χ3n) is 2.85. The highest BCUT2D eigenvalue weighted by Crippen LogP contribution is 2.33. The Morgan fingerprint density at radius 1 is 1.28 bits per heavy atom. The van der Waals surface area contributed by atoms with Crippen molar-refractivity contribution in [3.63, 3.8) is 0 Å². The fourth-order valence-corrected chi connectivity index (χ4v) is 2.05. The highest BCUT2D eigenvalue weighted by atomic mass is 16.8.